The van der Waals surface area contributed by atoms with Crippen LogP contribution in [0.25, 0.3) is 0 Å². The molecule has 0 aliphatic carbocycles. The highest BCUT2D eigenvalue weighted by Gasteiger charge is 2.09. The van der Waals surface area contributed by atoms with Crippen LogP contribution >= 0.6 is 11.6 Å². The zero-order valence-electron chi connectivity index (χ0n) is 11.2. The number of aromatic nitrogens is 2. The quantitative estimate of drug-likeness (QED) is 0.940. The topological polar surface area (TPSA) is 46.9 Å². The van der Waals surface area contributed by atoms with Crippen LogP contribution in [0.2, 0.25) is 5.02 Å². The Morgan fingerprint density at radius 3 is 2.90 bits per heavy atom. The van der Waals surface area contributed by atoms with E-state index < -0.39 is 0 Å². The molecule has 4 nitrogen and oxygen atoms in total. The Labute approximate surface area is 121 Å². The molecular formula is C14H15ClFN3O. The minimum absolute atomic E-state index is 0.0654. The van der Waals surface area contributed by atoms with Crippen LogP contribution in [0, 0.1) is 11.7 Å². The van der Waals surface area contributed by atoms with Crippen molar-refractivity contribution in [1.82, 2.24) is 9.78 Å². The fourth-order valence-electron chi connectivity index (χ4n) is 1.63. The molecule has 0 aliphatic rings. The van der Waals surface area contributed by atoms with E-state index >= 15 is 0 Å². The zero-order chi connectivity index (χ0) is 14.7. The molecule has 0 saturated heterocycles. The first-order valence-corrected chi connectivity index (χ1v) is 6.60. The Balaban J connectivity index is 2.07. The molecule has 2 rings (SSSR count). The molecular weight excluding hydrogens is 281 g/mol. The van der Waals surface area contributed by atoms with Crippen molar-refractivity contribution in [3.05, 3.63) is 47.0 Å². The second-order valence-corrected chi connectivity index (χ2v) is 5.21. The van der Waals surface area contributed by atoms with Gasteiger partial charge < -0.3 is 5.32 Å². The number of carbonyl (C=O) groups excluding carboxylic acids is 1. The number of hydrogen-bond acceptors (Lipinski definition) is 2. The lowest BCUT2D eigenvalue weighted by Crippen LogP contribution is -2.17. The van der Waals surface area contributed by atoms with Gasteiger partial charge in [-0.25, -0.2) is 4.39 Å². The van der Waals surface area contributed by atoms with Gasteiger partial charge in [0.15, 0.2) is 0 Å². The Hall–Kier alpha value is -1.88. The van der Waals surface area contributed by atoms with E-state index in [4.69, 9.17) is 11.6 Å². The monoisotopic (exact) mass is 295 g/mol. The van der Waals surface area contributed by atoms with Gasteiger partial charge in [-0.05, 0) is 17.7 Å². The summed E-state index contributed by atoms with van der Waals surface area (Å²) < 4.78 is 14.6. The number of nitrogens with zero attached hydrogens (tertiary/aromatic N) is 2. The van der Waals surface area contributed by atoms with Crippen molar-refractivity contribution in [2.45, 2.75) is 20.4 Å². The van der Waals surface area contributed by atoms with Gasteiger partial charge in [-0.1, -0.05) is 31.5 Å². The van der Waals surface area contributed by atoms with Crippen LogP contribution in [0.4, 0.5) is 10.1 Å². The number of halogens is 2. The van der Waals surface area contributed by atoms with E-state index in [1.807, 2.05) is 13.8 Å². The fourth-order valence-corrected chi connectivity index (χ4v) is 1.85. The van der Waals surface area contributed by atoms with Crippen molar-refractivity contribution in [2.75, 3.05) is 5.32 Å². The SMILES string of the molecule is CC(C)C(=O)Nc1cnn(Cc2ccc(F)cc2Cl)c1. The third-order valence-corrected chi connectivity index (χ3v) is 3.12. The minimum Gasteiger partial charge on any atom is -0.323 e. The molecule has 1 heterocycles. The zero-order valence-corrected chi connectivity index (χ0v) is 12.0. The highest BCUT2D eigenvalue weighted by atomic mass is 35.5. The molecule has 1 aromatic heterocycles. The normalized spacial score (nSPS) is 10.8. The molecule has 0 radical (unpaired) electrons. The van der Waals surface area contributed by atoms with Crippen molar-refractivity contribution in [3.63, 3.8) is 0 Å². The molecule has 0 aliphatic heterocycles. The second kappa shape index (κ2) is 6.05. The number of nitrogens with one attached hydrogen (secondary N) is 1. The summed E-state index contributed by atoms with van der Waals surface area (Å²) in [6, 6.07) is 4.24. The summed E-state index contributed by atoms with van der Waals surface area (Å²) in [7, 11) is 0. The largest absolute Gasteiger partial charge is 0.323 e. The maximum absolute atomic E-state index is 13.0. The fraction of sp³-hybridized carbons (Fsp3) is 0.286. The summed E-state index contributed by atoms with van der Waals surface area (Å²) in [6.45, 7) is 4.05. The van der Waals surface area contributed by atoms with Crippen LogP contribution in [-0.2, 0) is 11.3 Å². The molecule has 106 valence electrons. The highest BCUT2D eigenvalue weighted by Crippen LogP contribution is 2.18. The smallest absolute Gasteiger partial charge is 0.227 e. The van der Waals surface area contributed by atoms with Gasteiger partial charge in [-0.15, -0.1) is 0 Å². The minimum atomic E-state index is -0.371. The van der Waals surface area contributed by atoms with Crippen molar-refractivity contribution < 1.29 is 9.18 Å². The van der Waals surface area contributed by atoms with Gasteiger partial charge in [-0.3, -0.25) is 9.48 Å². The van der Waals surface area contributed by atoms with Gasteiger partial charge in [0, 0.05) is 17.1 Å². The second-order valence-electron chi connectivity index (χ2n) is 4.81. The van der Waals surface area contributed by atoms with Crippen molar-refractivity contribution >= 4 is 23.2 Å². The van der Waals surface area contributed by atoms with Crippen LogP contribution in [0.5, 0.6) is 0 Å². The first kappa shape index (κ1) is 14.5. The van der Waals surface area contributed by atoms with Crippen LogP contribution in [-0.4, -0.2) is 15.7 Å². The van der Waals surface area contributed by atoms with Gasteiger partial charge in [0.1, 0.15) is 5.82 Å². The van der Waals surface area contributed by atoms with Crippen LogP contribution in [0.3, 0.4) is 0 Å². The van der Waals surface area contributed by atoms with Gasteiger partial charge >= 0.3 is 0 Å². The lowest BCUT2D eigenvalue weighted by Gasteiger charge is -2.05. The summed E-state index contributed by atoms with van der Waals surface area (Å²) in [5, 5.41) is 7.25. The van der Waals surface area contributed by atoms with E-state index in [1.54, 1.807) is 23.1 Å². The Morgan fingerprint density at radius 2 is 2.25 bits per heavy atom. The van der Waals surface area contributed by atoms with Crippen molar-refractivity contribution in [2.24, 2.45) is 5.92 Å². The molecule has 0 bridgehead atoms. The number of benzene rings is 1. The summed E-state index contributed by atoms with van der Waals surface area (Å²) in [5.41, 5.74) is 1.39. The molecule has 0 atom stereocenters. The number of rotatable bonds is 4. The number of anilines is 1. The average molecular weight is 296 g/mol. The lowest BCUT2D eigenvalue weighted by molar-refractivity contribution is -0.118. The summed E-state index contributed by atoms with van der Waals surface area (Å²) in [5.74, 6) is -0.529. The molecule has 0 spiro atoms. The Morgan fingerprint density at radius 1 is 1.50 bits per heavy atom. The molecule has 1 amide bonds. The summed E-state index contributed by atoms with van der Waals surface area (Å²) in [4.78, 5) is 11.6. The number of hydrogen-bond donors (Lipinski definition) is 1. The molecule has 0 saturated carbocycles. The Bertz CT molecular complexity index is 625. The number of carbonyl (C=O) groups is 1. The maximum Gasteiger partial charge on any atom is 0.227 e. The predicted molar refractivity (Wildman–Crippen MR) is 76.2 cm³/mol. The summed E-state index contributed by atoms with van der Waals surface area (Å²) >= 11 is 5.96. The van der Waals surface area contributed by atoms with E-state index in [1.165, 1.54) is 12.1 Å². The third-order valence-electron chi connectivity index (χ3n) is 2.77. The van der Waals surface area contributed by atoms with Gasteiger partial charge in [-0.2, -0.15) is 5.10 Å². The van der Waals surface area contributed by atoms with Crippen molar-refractivity contribution in [3.8, 4) is 0 Å². The maximum atomic E-state index is 13.0. The molecule has 1 N–H and O–H groups in total. The van der Waals surface area contributed by atoms with E-state index in [-0.39, 0.29) is 17.6 Å². The molecule has 6 heteroatoms. The van der Waals surface area contributed by atoms with Crippen LogP contribution < -0.4 is 5.32 Å². The van der Waals surface area contributed by atoms with Crippen molar-refractivity contribution in [1.29, 1.82) is 0 Å². The standard InChI is InChI=1S/C14H15ClFN3O/c1-9(2)14(20)18-12-6-17-19(8-12)7-10-3-4-11(16)5-13(10)15/h3-6,8-9H,7H2,1-2H3,(H,18,20). The van der Waals surface area contributed by atoms with E-state index in [2.05, 4.69) is 10.4 Å². The third kappa shape index (κ3) is 3.57. The summed E-state index contributed by atoms with van der Waals surface area (Å²) in [6.07, 6.45) is 3.28. The van der Waals surface area contributed by atoms with E-state index in [9.17, 15) is 9.18 Å². The van der Waals surface area contributed by atoms with Gasteiger partial charge in [0.25, 0.3) is 0 Å². The Kier molecular flexibility index (Phi) is 4.39. The molecule has 0 fully saturated rings. The van der Waals surface area contributed by atoms with Crippen LogP contribution in [0.15, 0.2) is 30.6 Å². The molecule has 2 aromatic rings. The average Bonchev–Trinajstić information content (AvgIpc) is 2.80. The first-order chi connectivity index (χ1) is 9.45. The highest BCUT2D eigenvalue weighted by molar-refractivity contribution is 6.31. The molecule has 1 aromatic carbocycles. The van der Waals surface area contributed by atoms with Crippen LogP contribution in [0.1, 0.15) is 19.4 Å². The van der Waals surface area contributed by atoms with Gasteiger partial charge in [0.2, 0.25) is 5.91 Å². The predicted octanol–water partition coefficient (Wildman–Crippen LogP) is 3.32. The number of amides is 1. The first-order valence-electron chi connectivity index (χ1n) is 6.23. The van der Waals surface area contributed by atoms with E-state index in [0.717, 1.165) is 5.56 Å². The lowest BCUT2D eigenvalue weighted by atomic mass is 10.2. The molecule has 20 heavy (non-hydrogen) atoms. The van der Waals surface area contributed by atoms with Gasteiger partial charge in [0.05, 0.1) is 18.4 Å². The molecule has 0 unspecified atom stereocenters. The van der Waals surface area contributed by atoms with E-state index in [0.29, 0.717) is 17.3 Å².